The normalized spacial score (nSPS) is 12.7. The van der Waals surface area contributed by atoms with Gasteiger partial charge in [0.25, 0.3) is 0 Å². The Bertz CT molecular complexity index is 746. The van der Waals surface area contributed by atoms with Crippen molar-refractivity contribution in [2.75, 3.05) is 6.54 Å². The van der Waals surface area contributed by atoms with Gasteiger partial charge in [-0.05, 0) is 52.7 Å². The zero-order valence-corrected chi connectivity index (χ0v) is 15.6. The number of nitrogens with one attached hydrogen (secondary N) is 1. The highest BCUT2D eigenvalue weighted by Crippen LogP contribution is 2.34. The van der Waals surface area contributed by atoms with Gasteiger partial charge < -0.3 is 5.32 Å². The van der Waals surface area contributed by atoms with Crippen molar-refractivity contribution in [3.05, 3.63) is 67.9 Å². The highest BCUT2D eigenvalue weighted by molar-refractivity contribution is 9.11. The largest absolute Gasteiger partial charge is 0.306 e. The molecule has 0 saturated carbocycles. The molecule has 1 nitrogen and oxygen atoms in total. The summed E-state index contributed by atoms with van der Waals surface area (Å²) in [4.78, 5) is 0. The van der Waals surface area contributed by atoms with Crippen molar-refractivity contribution in [2.24, 2.45) is 0 Å². The Morgan fingerprint density at radius 2 is 1.86 bits per heavy atom. The van der Waals surface area contributed by atoms with E-state index in [1.165, 1.54) is 21.2 Å². The smallest absolute Gasteiger partial charge is 0.0591 e. The second-order valence-corrected chi connectivity index (χ2v) is 7.63. The lowest BCUT2D eigenvalue weighted by molar-refractivity contribution is 0.634. The zero-order chi connectivity index (χ0) is 14.8. The minimum absolute atomic E-state index is 0.200. The van der Waals surface area contributed by atoms with Crippen molar-refractivity contribution >= 4 is 53.3 Å². The van der Waals surface area contributed by atoms with Crippen LogP contribution in [0.5, 0.6) is 0 Å². The van der Waals surface area contributed by atoms with Crippen LogP contribution in [0.25, 0.3) is 10.1 Å². The molecule has 0 amide bonds. The van der Waals surface area contributed by atoms with Gasteiger partial charge in [-0.3, -0.25) is 0 Å². The first-order valence-electron chi connectivity index (χ1n) is 6.84. The fraction of sp³-hybridized carbons (Fsp3) is 0.176. The monoisotopic (exact) mass is 423 g/mol. The third kappa shape index (κ3) is 3.24. The summed E-state index contributed by atoms with van der Waals surface area (Å²) >= 11 is 8.99. The molecule has 0 saturated heterocycles. The van der Waals surface area contributed by atoms with Gasteiger partial charge in [-0.1, -0.05) is 57.0 Å². The number of benzene rings is 2. The highest BCUT2D eigenvalue weighted by Gasteiger charge is 2.17. The van der Waals surface area contributed by atoms with E-state index in [1.807, 2.05) is 11.3 Å². The van der Waals surface area contributed by atoms with Crippen LogP contribution in [-0.4, -0.2) is 6.54 Å². The fourth-order valence-electron chi connectivity index (χ4n) is 2.60. The molecule has 1 unspecified atom stereocenters. The molecule has 3 rings (SSSR count). The quantitative estimate of drug-likeness (QED) is 0.531. The third-order valence-corrected chi connectivity index (χ3v) is 5.34. The van der Waals surface area contributed by atoms with E-state index in [0.717, 1.165) is 15.5 Å². The lowest BCUT2D eigenvalue weighted by Gasteiger charge is -2.20. The summed E-state index contributed by atoms with van der Waals surface area (Å²) in [6.07, 6.45) is 0. The van der Waals surface area contributed by atoms with E-state index in [4.69, 9.17) is 0 Å². The van der Waals surface area contributed by atoms with E-state index in [9.17, 15) is 0 Å². The van der Waals surface area contributed by atoms with E-state index in [1.54, 1.807) is 0 Å². The number of fused-ring (bicyclic) bond motifs is 1. The summed E-state index contributed by atoms with van der Waals surface area (Å²) < 4.78 is 3.54. The SMILES string of the molecule is CCNC(c1cc(Br)cc(Br)c1)c1cccc2ccsc12. The van der Waals surface area contributed by atoms with Gasteiger partial charge in [-0.25, -0.2) is 0 Å². The summed E-state index contributed by atoms with van der Waals surface area (Å²) in [5.41, 5.74) is 2.60. The Hall–Kier alpha value is -0.680. The Morgan fingerprint density at radius 3 is 2.57 bits per heavy atom. The van der Waals surface area contributed by atoms with Gasteiger partial charge >= 0.3 is 0 Å². The summed E-state index contributed by atoms with van der Waals surface area (Å²) in [6, 6.07) is 15.4. The van der Waals surface area contributed by atoms with Gasteiger partial charge in [-0.15, -0.1) is 11.3 Å². The Kier molecular flexibility index (Phi) is 4.79. The molecule has 1 atom stereocenters. The van der Waals surface area contributed by atoms with Gasteiger partial charge in [0.1, 0.15) is 0 Å². The van der Waals surface area contributed by atoms with Crippen LogP contribution in [0.2, 0.25) is 0 Å². The van der Waals surface area contributed by atoms with Gasteiger partial charge in [0, 0.05) is 13.6 Å². The van der Waals surface area contributed by atoms with Gasteiger partial charge in [0.2, 0.25) is 0 Å². The molecule has 108 valence electrons. The number of thiophene rings is 1. The molecule has 0 aliphatic rings. The average Bonchev–Trinajstić information content (AvgIpc) is 2.92. The van der Waals surface area contributed by atoms with Crippen LogP contribution in [0.1, 0.15) is 24.1 Å². The number of rotatable bonds is 4. The number of halogens is 2. The third-order valence-electron chi connectivity index (χ3n) is 3.45. The summed E-state index contributed by atoms with van der Waals surface area (Å²) in [5, 5.41) is 7.09. The van der Waals surface area contributed by atoms with E-state index in [2.05, 4.69) is 91.9 Å². The molecule has 0 bridgehead atoms. The molecule has 21 heavy (non-hydrogen) atoms. The van der Waals surface area contributed by atoms with Crippen molar-refractivity contribution in [3.63, 3.8) is 0 Å². The summed E-state index contributed by atoms with van der Waals surface area (Å²) in [6.45, 7) is 3.07. The average molecular weight is 425 g/mol. The van der Waals surface area contributed by atoms with Crippen LogP contribution in [0.15, 0.2) is 56.8 Å². The standard InChI is InChI=1S/C17H15Br2NS/c1-2-20-16(12-8-13(18)10-14(19)9-12)15-5-3-4-11-6-7-21-17(11)15/h3-10,16,20H,2H2,1H3. The maximum atomic E-state index is 3.62. The van der Waals surface area contributed by atoms with E-state index in [-0.39, 0.29) is 6.04 Å². The topological polar surface area (TPSA) is 12.0 Å². The molecule has 1 heterocycles. The Balaban J connectivity index is 2.15. The van der Waals surface area contributed by atoms with Crippen LogP contribution in [0.3, 0.4) is 0 Å². The van der Waals surface area contributed by atoms with Crippen LogP contribution < -0.4 is 5.32 Å². The number of hydrogen-bond acceptors (Lipinski definition) is 2. The molecule has 0 fully saturated rings. The second-order valence-electron chi connectivity index (χ2n) is 4.88. The summed E-state index contributed by atoms with van der Waals surface area (Å²) in [7, 11) is 0. The fourth-order valence-corrected chi connectivity index (χ4v) is 4.87. The molecule has 4 heteroatoms. The molecular weight excluding hydrogens is 410 g/mol. The minimum Gasteiger partial charge on any atom is -0.306 e. The predicted octanol–water partition coefficient (Wildman–Crippen LogP) is 6.13. The van der Waals surface area contributed by atoms with Crippen molar-refractivity contribution in [3.8, 4) is 0 Å². The van der Waals surface area contributed by atoms with Crippen LogP contribution in [-0.2, 0) is 0 Å². The molecule has 3 aromatic rings. The highest BCUT2D eigenvalue weighted by atomic mass is 79.9. The first-order chi connectivity index (χ1) is 10.2. The number of hydrogen-bond donors (Lipinski definition) is 1. The maximum Gasteiger partial charge on any atom is 0.0591 e. The van der Waals surface area contributed by atoms with Crippen LogP contribution in [0, 0.1) is 0 Å². The lowest BCUT2D eigenvalue weighted by atomic mass is 9.97. The van der Waals surface area contributed by atoms with Gasteiger partial charge in [0.05, 0.1) is 6.04 Å². The minimum atomic E-state index is 0.200. The first-order valence-corrected chi connectivity index (χ1v) is 9.31. The van der Waals surface area contributed by atoms with Crippen molar-refractivity contribution in [1.29, 1.82) is 0 Å². The lowest BCUT2D eigenvalue weighted by Crippen LogP contribution is -2.22. The molecule has 1 N–H and O–H groups in total. The van der Waals surface area contributed by atoms with Crippen molar-refractivity contribution in [2.45, 2.75) is 13.0 Å². The van der Waals surface area contributed by atoms with E-state index in [0.29, 0.717) is 0 Å². The second kappa shape index (κ2) is 6.61. The van der Waals surface area contributed by atoms with E-state index < -0.39 is 0 Å². The molecule has 0 aliphatic heterocycles. The molecule has 0 radical (unpaired) electrons. The van der Waals surface area contributed by atoms with Gasteiger partial charge in [-0.2, -0.15) is 0 Å². The van der Waals surface area contributed by atoms with Crippen LogP contribution >= 0.6 is 43.2 Å². The zero-order valence-electron chi connectivity index (χ0n) is 11.6. The molecule has 0 aliphatic carbocycles. The molecule has 0 spiro atoms. The van der Waals surface area contributed by atoms with Crippen LogP contribution in [0.4, 0.5) is 0 Å². The Morgan fingerprint density at radius 1 is 1.10 bits per heavy atom. The predicted molar refractivity (Wildman–Crippen MR) is 99.2 cm³/mol. The van der Waals surface area contributed by atoms with Crippen molar-refractivity contribution < 1.29 is 0 Å². The maximum absolute atomic E-state index is 3.62. The van der Waals surface area contributed by atoms with Gasteiger partial charge in [0.15, 0.2) is 0 Å². The Labute approximate surface area is 145 Å². The molecule has 1 aromatic heterocycles. The summed E-state index contributed by atoms with van der Waals surface area (Å²) in [5.74, 6) is 0. The van der Waals surface area contributed by atoms with Crippen molar-refractivity contribution in [1.82, 2.24) is 5.32 Å². The molecule has 2 aromatic carbocycles. The molecular formula is C17H15Br2NS. The first kappa shape index (κ1) is 15.2. The van der Waals surface area contributed by atoms with E-state index >= 15 is 0 Å².